The largest absolute Gasteiger partial charge is 0.481 e. The van der Waals surface area contributed by atoms with Crippen molar-refractivity contribution in [2.45, 2.75) is 51.3 Å². The van der Waals surface area contributed by atoms with Gasteiger partial charge in [0.2, 0.25) is 5.91 Å². The Morgan fingerprint density at radius 1 is 1.40 bits per heavy atom. The predicted octanol–water partition coefficient (Wildman–Crippen LogP) is 4.93. The van der Waals surface area contributed by atoms with Crippen LogP contribution in [0.15, 0.2) is 23.4 Å². The van der Waals surface area contributed by atoms with Gasteiger partial charge in [0.25, 0.3) is 5.91 Å². The Balaban J connectivity index is 1.41. The molecule has 0 aliphatic heterocycles. The van der Waals surface area contributed by atoms with E-state index in [1.54, 1.807) is 10.6 Å². The van der Waals surface area contributed by atoms with E-state index in [9.17, 15) is 9.59 Å². The lowest BCUT2D eigenvalue weighted by molar-refractivity contribution is -0.113. The third-order valence-electron chi connectivity index (χ3n) is 5.97. The number of amides is 2. The number of halogens is 1. The smallest absolute Gasteiger partial charge is 0.251 e. The van der Waals surface area contributed by atoms with Crippen LogP contribution in [-0.2, 0) is 24.7 Å². The Morgan fingerprint density at radius 2 is 2.17 bits per heavy atom. The fourth-order valence-corrected chi connectivity index (χ4v) is 6.45. The van der Waals surface area contributed by atoms with Crippen LogP contribution in [0.4, 0.5) is 5.00 Å². The molecule has 0 radical (unpaired) electrons. The van der Waals surface area contributed by atoms with Gasteiger partial charge in [-0.15, -0.1) is 21.5 Å². The summed E-state index contributed by atoms with van der Waals surface area (Å²) >= 11 is 8.96. The summed E-state index contributed by atoms with van der Waals surface area (Å²) < 4.78 is 7.81. The summed E-state index contributed by atoms with van der Waals surface area (Å²) in [7, 11) is 1.83. The first-order valence-electron chi connectivity index (χ1n) is 11.3. The molecule has 0 fully saturated rings. The number of benzene rings is 1. The number of nitrogens with zero attached hydrogens (tertiary/aromatic N) is 3. The normalized spacial score (nSPS) is 16.0. The zero-order valence-electron chi connectivity index (χ0n) is 20.1. The van der Waals surface area contributed by atoms with Gasteiger partial charge in [-0.25, -0.2) is 0 Å². The van der Waals surface area contributed by atoms with Gasteiger partial charge in [-0.1, -0.05) is 36.4 Å². The summed E-state index contributed by atoms with van der Waals surface area (Å²) in [5, 5.41) is 13.0. The first-order valence-corrected chi connectivity index (χ1v) is 13.5. The van der Waals surface area contributed by atoms with E-state index in [2.05, 4.69) is 22.4 Å². The molecule has 8 nitrogen and oxygen atoms in total. The Hall–Kier alpha value is -2.56. The van der Waals surface area contributed by atoms with E-state index in [0.29, 0.717) is 38.2 Å². The number of nitrogens with one attached hydrogen (secondary N) is 1. The summed E-state index contributed by atoms with van der Waals surface area (Å²) in [6.45, 7) is 6.03. The van der Waals surface area contributed by atoms with E-state index in [-0.39, 0.29) is 11.7 Å². The molecule has 0 saturated heterocycles. The third-order valence-corrected chi connectivity index (χ3v) is 8.47. The van der Waals surface area contributed by atoms with E-state index in [0.717, 1.165) is 35.3 Å². The molecule has 186 valence electrons. The van der Waals surface area contributed by atoms with E-state index in [1.165, 1.54) is 23.1 Å². The highest BCUT2D eigenvalue weighted by Crippen LogP contribution is 2.39. The molecule has 2 amide bonds. The standard InChI is InChI=1S/C24H28ClN5O3S2/c1-12-6-8-16(25)17(9-12)33-14(3)22-28-29-24(30(22)4)34-11-19(31)27-23-20(21(26)32)15-7-5-13(2)10-18(15)35-23/h6,8-9,13-14H,5,7,10-11H2,1-4H3,(H2,26,32)(H,27,31). The van der Waals surface area contributed by atoms with Crippen LogP contribution in [0.25, 0.3) is 0 Å². The van der Waals surface area contributed by atoms with Gasteiger partial charge in [-0.3, -0.25) is 9.59 Å². The van der Waals surface area contributed by atoms with E-state index >= 15 is 0 Å². The van der Waals surface area contributed by atoms with Crippen LogP contribution < -0.4 is 15.8 Å². The van der Waals surface area contributed by atoms with Crippen molar-refractivity contribution >= 4 is 51.5 Å². The average molecular weight is 534 g/mol. The summed E-state index contributed by atoms with van der Waals surface area (Å²) in [5.74, 6) is 1.13. The number of ether oxygens (including phenoxy) is 1. The lowest BCUT2D eigenvalue weighted by atomic mass is 9.88. The van der Waals surface area contributed by atoms with E-state index < -0.39 is 12.0 Å². The van der Waals surface area contributed by atoms with Crippen LogP contribution in [0.2, 0.25) is 5.02 Å². The van der Waals surface area contributed by atoms with Crippen LogP contribution in [0.3, 0.4) is 0 Å². The molecule has 3 N–H and O–H groups in total. The molecule has 1 aliphatic carbocycles. The van der Waals surface area contributed by atoms with E-state index in [4.69, 9.17) is 22.1 Å². The molecule has 4 rings (SSSR count). The van der Waals surface area contributed by atoms with Crippen LogP contribution in [-0.4, -0.2) is 32.3 Å². The number of hydrogen-bond acceptors (Lipinski definition) is 7. The molecule has 2 heterocycles. The van der Waals surface area contributed by atoms with Crippen molar-refractivity contribution in [3.05, 3.63) is 50.6 Å². The van der Waals surface area contributed by atoms with Crippen molar-refractivity contribution in [2.24, 2.45) is 18.7 Å². The second-order valence-electron chi connectivity index (χ2n) is 8.85. The Labute approximate surface area is 217 Å². The topological polar surface area (TPSA) is 112 Å². The number of carbonyl (C=O) groups excluding carboxylic acids is 2. The van der Waals surface area contributed by atoms with Gasteiger partial charge < -0.3 is 20.4 Å². The van der Waals surface area contributed by atoms with Crippen LogP contribution in [0, 0.1) is 12.8 Å². The minimum atomic E-state index is -0.499. The number of carbonyl (C=O) groups is 2. The molecule has 2 aromatic heterocycles. The van der Waals surface area contributed by atoms with Gasteiger partial charge in [0, 0.05) is 11.9 Å². The summed E-state index contributed by atoms with van der Waals surface area (Å²) in [4.78, 5) is 26.0. The number of primary amides is 1. The molecule has 0 saturated carbocycles. The number of hydrogen-bond donors (Lipinski definition) is 2. The van der Waals surface area contributed by atoms with Gasteiger partial charge >= 0.3 is 0 Å². The van der Waals surface area contributed by atoms with Crippen LogP contribution in [0.1, 0.15) is 58.6 Å². The quantitative estimate of drug-likeness (QED) is 0.397. The highest BCUT2D eigenvalue weighted by Gasteiger charge is 2.27. The fourth-order valence-electron chi connectivity index (χ4n) is 4.14. The molecular formula is C24H28ClN5O3S2. The zero-order valence-corrected chi connectivity index (χ0v) is 22.4. The Morgan fingerprint density at radius 3 is 2.91 bits per heavy atom. The molecule has 2 atom stereocenters. The third kappa shape index (κ3) is 5.65. The van der Waals surface area contributed by atoms with Gasteiger partial charge in [0.15, 0.2) is 17.1 Å². The average Bonchev–Trinajstić information content (AvgIpc) is 3.34. The number of thiophene rings is 1. The lowest BCUT2D eigenvalue weighted by Crippen LogP contribution is -2.20. The SMILES string of the molecule is Cc1ccc(Cl)c(OC(C)c2nnc(SCC(=O)Nc3sc4c(c3C(N)=O)CCC(C)C4)n2C)c1. The molecule has 3 aromatic rings. The number of nitrogens with two attached hydrogens (primary N) is 1. The van der Waals surface area contributed by atoms with E-state index in [1.807, 2.05) is 33.0 Å². The Kier molecular flexibility index (Phi) is 7.73. The van der Waals surface area contributed by atoms with Gasteiger partial charge in [0.05, 0.1) is 16.3 Å². The Bertz CT molecular complexity index is 1270. The van der Waals surface area contributed by atoms with Crippen molar-refractivity contribution in [3.63, 3.8) is 0 Å². The molecular weight excluding hydrogens is 506 g/mol. The predicted molar refractivity (Wildman–Crippen MR) is 140 cm³/mol. The fraction of sp³-hybridized carbons (Fsp3) is 0.417. The number of thioether (sulfide) groups is 1. The van der Waals surface area contributed by atoms with Crippen molar-refractivity contribution in [1.29, 1.82) is 0 Å². The van der Waals surface area contributed by atoms with Crippen LogP contribution in [0.5, 0.6) is 5.75 Å². The highest BCUT2D eigenvalue weighted by molar-refractivity contribution is 7.99. The zero-order chi connectivity index (χ0) is 25.3. The van der Waals surface area contributed by atoms with Gasteiger partial charge in [0.1, 0.15) is 10.8 Å². The first-order chi connectivity index (χ1) is 16.6. The molecule has 1 aliphatic rings. The number of aromatic nitrogens is 3. The summed E-state index contributed by atoms with van der Waals surface area (Å²) in [6.07, 6.45) is 2.33. The van der Waals surface area contributed by atoms with Gasteiger partial charge in [-0.2, -0.15) is 0 Å². The molecule has 35 heavy (non-hydrogen) atoms. The maximum Gasteiger partial charge on any atom is 0.251 e. The second-order valence-corrected chi connectivity index (χ2v) is 11.3. The number of rotatable bonds is 8. The minimum Gasteiger partial charge on any atom is -0.481 e. The summed E-state index contributed by atoms with van der Waals surface area (Å²) in [6, 6.07) is 5.59. The molecule has 1 aromatic carbocycles. The van der Waals surface area contributed by atoms with Crippen molar-refractivity contribution in [1.82, 2.24) is 14.8 Å². The molecule has 11 heteroatoms. The maximum atomic E-state index is 12.7. The summed E-state index contributed by atoms with van der Waals surface area (Å²) in [5.41, 5.74) is 8.14. The monoisotopic (exact) mass is 533 g/mol. The lowest BCUT2D eigenvalue weighted by Gasteiger charge is -2.18. The van der Waals surface area contributed by atoms with Crippen molar-refractivity contribution in [2.75, 3.05) is 11.1 Å². The molecule has 0 bridgehead atoms. The number of anilines is 1. The first kappa shape index (κ1) is 25.5. The van der Waals surface area contributed by atoms with Crippen molar-refractivity contribution in [3.8, 4) is 5.75 Å². The van der Waals surface area contributed by atoms with Gasteiger partial charge in [-0.05, 0) is 62.3 Å². The molecule has 0 spiro atoms. The highest BCUT2D eigenvalue weighted by atomic mass is 35.5. The minimum absolute atomic E-state index is 0.113. The van der Waals surface area contributed by atoms with Crippen LogP contribution >= 0.6 is 34.7 Å². The number of fused-ring (bicyclic) bond motifs is 1. The van der Waals surface area contributed by atoms with Crippen molar-refractivity contribution < 1.29 is 14.3 Å². The number of aryl methyl sites for hydroxylation is 1. The molecule has 2 unspecified atom stereocenters. The second kappa shape index (κ2) is 10.6. The maximum absolute atomic E-state index is 12.7.